The van der Waals surface area contributed by atoms with E-state index in [1.807, 2.05) is 18.2 Å². The highest BCUT2D eigenvalue weighted by molar-refractivity contribution is 7.18. The smallest absolute Gasteiger partial charge is 0.404 e. The lowest BCUT2D eigenvalue weighted by atomic mass is 9.63. The third-order valence-electron chi connectivity index (χ3n) is 9.03. The fourth-order valence-electron chi connectivity index (χ4n) is 6.64. The molecule has 2 heterocycles. The summed E-state index contributed by atoms with van der Waals surface area (Å²) in [6.45, 7) is 1.17. The molecular weight excluding hydrogens is 657 g/mol. The first-order valence-corrected chi connectivity index (χ1v) is 17.1. The lowest BCUT2D eigenvalue weighted by Crippen LogP contribution is -2.52. The lowest BCUT2D eigenvalue weighted by molar-refractivity contribution is -0.135. The monoisotopic (exact) mass is 691 g/mol. The Morgan fingerprint density at radius 3 is 2.29 bits per heavy atom. The van der Waals surface area contributed by atoms with Crippen LogP contribution in [0.3, 0.4) is 0 Å². The average Bonchev–Trinajstić information content (AvgIpc) is 3.40. The van der Waals surface area contributed by atoms with Crippen molar-refractivity contribution in [3.8, 4) is 27.3 Å². The summed E-state index contributed by atoms with van der Waals surface area (Å²) in [5.41, 5.74) is 7.59. The largest absolute Gasteiger partial charge is 0.491 e. The number of nitrogens with one attached hydrogen (secondary N) is 1. The molecule has 3 amide bonds. The van der Waals surface area contributed by atoms with Crippen LogP contribution < -0.4 is 15.8 Å². The van der Waals surface area contributed by atoms with Crippen LogP contribution in [0.1, 0.15) is 61.0 Å². The van der Waals surface area contributed by atoms with Gasteiger partial charge in [0.2, 0.25) is 5.91 Å². The van der Waals surface area contributed by atoms with Crippen molar-refractivity contribution in [2.45, 2.75) is 51.4 Å². The summed E-state index contributed by atoms with van der Waals surface area (Å²) < 4.78 is 6.34. The first-order chi connectivity index (χ1) is 21.6. The molecule has 0 radical (unpaired) electrons. The normalized spacial score (nSPS) is 16.7. The molecule has 2 aliphatic rings. The molecule has 1 aromatic heterocycles. The Morgan fingerprint density at radius 1 is 1.00 bits per heavy atom. The quantitative estimate of drug-likeness (QED) is 0.184. The number of nitrogens with two attached hydrogens (primary N) is 1. The van der Waals surface area contributed by atoms with Gasteiger partial charge in [0.05, 0.1) is 17.0 Å². The van der Waals surface area contributed by atoms with E-state index in [1.165, 1.54) is 17.8 Å². The molecule has 1 aliphatic carbocycles. The molecule has 1 aliphatic heterocycles. The first kappa shape index (κ1) is 33.4. The number of piperidine rings is 1. The number of carbonyl (C=O) groups excluding carboxylic acids is 2. The van der Waals surface area contributed by atoms with Crippen molar-refractivity contribution >= 4 is 64.0 Å². The van der Waals surface area contributed by atoms with Gasteiger partial charge >= 0.3 is 6.09 Å². The van der Waals surface area contributed by atoms with Gasteiger partial charge in [-0.05, 0) is 67.9 Å². The maximum Gasteiger partial charge on any atom is 0.404 e. The van der Waals surface area contributed by atoms with Crippen LogP contribution in [0.2, 0.25) is 15.1 Å². The van der Waals surface area contributed by atoms with Gasteiger partial charge in [-0.15, -0.1) is 11.3 Å². The van der Waals surface area contributed by atoms with Gasteiger partial charge in [0.15, 0.2) is 5.75 Å². The van der Waals surface area contributed by atoms with Crippen LogP contribution in [0.15, 0.2) is 42.5 Å². The van der Waals surface area contributed by atoms with Crippen LogP contribution in [0, 0.1) is 11.3 Å². The number of likely N-dealkylation sites (tertiary alicyclic amines) is 1. The van der Waals surface area contributed by atoms with E-state index in [-0.39, 0.29) is 30.9 Å². The first-order valence-electron chi connectivity index (χ1n) is 15.2. The maximum atomic E-state index is 14.4. The van der Waals surface area contributed by atoms with Gasteiger partial charge in [0.1, 0.15) is 4.88 Å². The molecule has 45 heavy (non-hydrogen) atoms. The van der Waals surface area contributed by atoms with E-state index in [9.17, 15) is 14.4 Å². The molecule has 12 heteroatoms. The Kier molecular flexibility index (Phi) is 10.9. The Bertz CT molecular complexity index is 1550. The number of amides is 3. The number of halogens is 3. The van der Waals surface area contributed by atoms with E-state index in [0.717, 1.165) is 36.1 Å². The van der Waals surface area contributed by atoms with E-state index in [4.69, 9.17) is 50.4 Å². The molecule has 240 valence electrons. The zero-order chi connectivity index (χ0) is 32.1. The van der Waals surface area contributed by atoms with E-state index in [1.54, 1.807) is 29.2 Å². The third-order valence-corrected chi connectivity index (χ3v) is 11.0. The van der Waals surface area contributed by atoms with Crippen LogP contribution in [0.25, 0.3) is 21.6 Å². The zero-order valence-corrected chi connectivity index (χ0v) is 27.8. The number of hydrogen-bond donors (Lipinski definition) is 3. The van der Waals surface area contributed by atoms with Crippen LogP contribution >= 0.6 is 46.1 Å². The van der Waals surface area contributed by atoms with Crippen LogP contribution in [-0.4, -0.2) is 54.2 Å². The Morgan fingerprint density at radius 2 is 1.67 bits per heavy atom. The number of hydrogen-bond acceptors (Lipinski definition) is 5. The molecule has 1 saturated carbocycles. The summed E-state index contributed by atoms with van der Waals surface area (Å²) in [7, 11) is 0. The molecule has 0 atom stereocenters. The van der Waals surface area contributed by atoms with Gasteiger partial charge in [-0.1, -0.05) is 72.3 Å². The van der Waals surface area contributed by atoms with Gasteiger partial charge in [0, 0.05) is 45.7 Å². The highest BCUT2D eigenvalue weighted by Gasteiger charge is 2.47. The minimum Gasteiger partial charge on any atom is -0.491 e. The second-order valence-electron chi connectivity index (χ2n) is 11.7. The van der Waals surface area contributed by atoms with Gasteiger partial charge in [-0.25, -0.2) is 4.79 Å². The van der Waals surface area contributed by atoms with Crippen LogP contribution in [-0.2, 0) is 4.79 Å². The van der Waals surface area contributed by atoms with Crippen LogP contribution in [0.4, 0.5) is 4.79 Å². The van der Waals surface area contributed by atoms with Crippen molar-refractivity contribution in [3.05, 3.63) is 62.4 Å². The minimum atomic E-state index is -1.12. The highest BCUT2D eigenvalue weighted by atomic mass is 35.5. The highest BCUT2D eigenvalue weighted by Crippen LogP contribution is 2.51. The van der Waals surface area contributed by atoms with E-state index >= 15 is 0 Å². The van der Waals surface area contributed by atoms with Crippen molar-refractivity contribution in [3.63, 3.8) is 0 Å². The van der Waals surface area contributed by atoms with Gasteiger partial charge in [-0.2, -0.15) is 0 Å². The van der Waals surface area contributed by atoms with Gasteiger partial charge in [0.25, 0.3) is 5.91 Å². The van der Waals surface area contributed by atoms with Crippen molar-refractivity contribution in [1.82, 2.24) is 10.2 Å². The lowest BCUT2D eigenvalue weighted by Gasteiger charge is -2.45. The number of nitrogens with zero attached hydrogens (tertiary/aromatic N) is 1. The van der Waals surface area contributed by atoms with Crippen molar-refractivity contribution < 1.29 is 24.2 Å². The number of carboxylic acid groups (broad SMARTS) is 1. The standard InChI is InChI=1S/C33H36Cl3N3O5S/c34-22-9-7-20(8-10-22)26-27(44-18-4-15-38-32(42)43)29(45-28(26)24-12-11-23(35)19-25(24)36)30(40)39-16-13-33(14-17-39,31(37)41)21-5-2-1-3-6-21/h7-12,19,21,38H,1-6,13-18H2,(H2,37,41)(H,42,43). The summed E-state index contributed by atoms with van der Waals surface area (Å²) in [5.74, 6) is 0.173. The number of ether oxygens (including phenoxy) is 1. The van der Waals surface area contributed by atoms with Gasteiger partial charge < -0.3 is 25.8 Å². The van der Waals surface area contributed by atoms with Crippen molar-refractivity contribution in [2.75, 3.05) is 26.2 Å². The fraction of sp³-hybridized carbons (Fsp3) is 0.424. The number of primary amides is 1. The van der Waals surface area contributed by atoms with Crippen LogP contribution in [0.5, 0.6) is 5.75 Å². The molecular formula is C33H36Cl3N3O5S. The molecule has 0 spiro atoms. The minimum absolute atomic E-state index is 0.165. The van der Waals surface area contributed by atoms with Crippen molar-refractivity contribution in [1.29, 1.82) is 0 Å². The molecule has 8 nitrogen and oxygen atoms in total. The maximum absolute atomic E-state index is 14.4. The predicted molar refractivity (Wildman–Crippen MR) is 180 cm³/mol. The molecule has 3 aromatic rings. The second kappa shape index (κ2) is 14.6. The molecule has 1 saturated heterocycles. The number of carbonyl (C=O) groups is 3. The third kappa shape index (κ3) is 7.38. The number of benzene rings is 2. The molecule has 4 N–H and O–H groups in total. The fourth-order valence-corrected chi connectivity index (χ4v) is 8.60. The molecule has 0 bridgehead atoms. The summed E-state index contributed by atoms with van der Waals surface area (Å²) in [4.78, 5) is 41.1. The van der Waals surface area contributed by atoms with Crippen molar-refractivity contribution in [2.24, 2.45) is 17.1 Å². The van der Waals surface area contributed by atoms with E-state index in [2.05, 4.69) is 5.32 Å². The topological polar surface area (TPSA) is 122 Å². The van der Waals surface area contributed by atoms with E-state index in [0.29, 0.717) is 69.2 Å². The number of rotatable bonds is 10. The summed E-state index contributed by atoms with van der Waals surface area (Å²) in [6, 6.07) is 12.5. The Balaban J connectivity index is 1.53. The van der Waals surface area contributed by atoms with E-state index < -0.39 is 11.5 Å². The molecule has 2 aromatic carbocycles. The number of thiophene rings is 1. The Labute approximate surface area is 281 Å². The van der Waals surface area contributed by atoms with Gasteiger partial charge in [-0.3, -0.25) is 9.59 Å². The second-order valence-corrected chi connectivity index (χ2v) is 14.0. The Hall–Kier alpha value is -2.98. The summed E-state index contributed by atoms with van der Waals surface area (Å²) in [5, 5.41) is 12.8. The molecule has 0 unspecified atom stereocenters. The predicted octanol–water partition coefficient (Wildman–Crippen LogP) is 8.37. The SMILES string of the molecule is NC(=O)C1(C2CCCCC2)CCN(C(=O)c2sc(-c3ccc(Cl)cc3Cl)c(-c3ccc(Cl)cc3)c2OCCCNC(=O)O)CC1. The average molecular weight is 693 g/mol. The summed E-state index contributed by atoms with van der Waals surface area (Å²) in [6.07, 6.45) is 5.69. The zero-order valence-electron chi connectivity index (χ0n) is 24.8. The molecule has 5 rings (SSSR count). The molecule has 2 fully saturated rings. The summed E-state index contributed by atoms with van der Waals surface area (Å²) >= 11 is 20.4.